The fraction of sp³-hybridized carbons (Fsp3) is 0.909. The van der Waals surface area contributed by atoms with Gasteiger partial charge in [-0.2, -0.15) is 0 Å². The molecule has 0 radical (unpaired) electrons. The number of hydrogen-bond acceptors (Lipinski definition) is 6. The minimum absolute atomic E-state index is 0.269. The molecule has 4 unspecified atom stereocenters. The summed E-state index contributed by atoms with van der Waals surface area (Å²) in [5.74, 6) is -0.274. The smallest absolute Gasteiger partial charge is 0.305 e. The van der Waals surface area contributed by atoms with E-state index in [9.17, 15) is 14.9 Å². The zero-order chi connectivity index (χ0) is 14.4. The Morgan fingerprint density at radius 2 is 2.16 bits per heavy atom. The minimum atomic E-state index is -0.753. The van der Waals surface area contributed by atoms with Crippen molar-refractivity contribution >= 4 is 17.6 Å². The molecular formula is C11H20ClN3O4. The molecule has 0 bridgehead atoms. The highest BCUT2D eigenvalue weighted by molar-refractivity contribution is 6.20. The van der Waals surface area contributed by atoms with Crippen LogP contribution in [0.25, 0.3) is 0 Å². The van der Waals surface area contributed by atoms with Crippen LogP contribution in [0.2, 0.25) is 0 Å². The average molecular weight is 294 g/mol. The van der Waals surface area contributed by atoms with E-state index in [2.05, 4.69) is 10.6 Å². The topological polar surface area (TPSA) is 93.5 Å². The molecule has 1 aliphatic heterocycles. The highest BCUT2D eigenvalue weighted by Crippen LogP contribution is 2.17. The third-order valence-electron chi connectivity index (χ3n) is 3.14. The maximum atomic E-state index is 11.2. The Hall–Kier alpha value is -0.920. The molecule has 0 aromatic heterocycles. The summed E-state index contributed by atoms with van der Waals surface area (Å²) in [6.45, 7) is 3.83. The molecule has 0 aromatic rings. The third kappa shape index (κ3) is 4.93. The summed E-state index contributed by atoms with van der Waals surface area (Å²) in [6, 6.07) is -1.41. The molecule has 0 amide bonds. The molecule has 2 N–H and O–H groups in total. The van der Waals surface area contributed by atoms with Crippen LogP contribution in [0.15, 0.2) is 0 Å². The van der Waals surface area contributed by atoms with Crippen molar-refractivity contribution in [1.29, 1.82) is 0 Å². The number of nitro groups is 1. The number of carbonyl (C=O) groups excluding carboxylic acids is 1. The van der Waals surface area contributed by atoms with Gasteiger partial charge in [-0.15, -0.1) is 0 Å². The summed E-state index contributed by atoms with van der Waals surface area (Å²) in [5.41, 5.74) is -0.487. The van der Waals surface area contributed by atoms with Gasteiger partial charge in [0.1, 0.15) is 5.62 Å². The molecule has 7 nitrogen and oxygen atoms in total. The van der Waals surface area contributed by atoms with Crippen LogP contribution in [0, 0.1) is 10.1 Å². The van der Waals surface area contributed by atoms with E-state index in [1.165, 1.54) is 0 Å². The lowest BCUT2D eigenvalue weighted by molar-refractivity contribution is -0.533. The first-order valence-electron chi connectivity index (χ1n) is 6.41. The number of nitrogens with zero attached hydrogens (tertiary/aromatic N) is 1. The van der Waals surface area contributed by atoms with Gasteiger partial charge < -0.3 is 4.74 Å². The highest BCUT2D eigenvalue weighted by atomic mass is 35.5. The average Bonchev–Trinajstić information content (AvgIpc) is 2.27. The molecule has 4 atom stereocenters. The molecule has 0 aliphatic carbocycles. The lowest BCUT2D eigenvalue weighted by Gasteiger charge is -2.35. The van der Waals surface area contributed by atoms with E-state index in [0.29, 0.717) is 19.4 Å². The van der Waals surface area contributed by atoms with Gasteiger partial charge in [0.15, 0.2) is 0 Å². The van der Waals surface area contributed by atoms with Crippen LogP contribution in [-0.4, -0.2) is 41.2 Å². The fourth-order valence-corrected chi connectivity index (χ4v) is 2.66. The van der Waals surface area contributed by atoms with Crippen LogP contribution < -0.4 is 10.6 Å². The van der Waals surface area contributed by atoms with Crippen molar-refractivity contribution in [3.8, 4) is 0 Å². The van der Waals surface area contributed by atoms with Crippen molar-refractivity contribution in [2.45, 2.75) is 56.9 Å². The van der Waals surface area contributed by atoms with Crippen LogP contribution in [-0.2, 0) is 9.53 Å². The van der Waals surface area contributed by atoms with Gasteiger partial charge in [0.05, 0.1) is 18.7 Å². The summed E-state index contributed by atoms with van der Waals surface area (Å²) in [7, 11) is 0. The monoisotopic (exact) mass is 293 g/mol. The first-order valence-corrected chi connectivity index (χ1v) is 6.84. The minimum Gasteiger partial charge on any atom is -0.466 e. The second-order valence-electron chi connectivity index (χ2n) is 4.56. The summed E-state index contributed by atoms with van der Waals surface area (Å²) < 4.78 is 4.82. The number of alkyl halides is 1. The Bertz CT molecular complexity index is 329. The summed E-state index contributed by atoms with van der Waals surface area (Å²) >= 11 is 5.93. The lowest BCUT2D eigenvalue weighted by Crippen LogP contribution is -2.65. The molecule has 1 rings (SSSR count). The van der Waals surface area contributed by atoms with Gasteiger partial charge >= 0.3 is 5.97 Å². The molecule has 1 saturated heterocycles. The maximum absolute atomic E-state index is 11.2. The molecule has 0 spiro atoms. The zero-order valence-corrected chi connectivity index (χ0v) is 11.9. The van der Waals surface area contributed by atoms with Gasteiger partial charge in [0.2, 0.25) is 6.04 Å². The third-order valence-corrected chi connectivity index (χ3v) is 3.39. The standard InChI is InChI=1S/C11H20ClN3O4/c1-3-19-9(16)6-4-5-8-10(15(17)18)7(2)13-11(12)14-8/h7-8,10-11,13-14H,3-6H2,1-2H3. The maximum Gasteiger partial charge on any atom is 0.305 e. The Kier molecular flexibility index (Phi) is 6.47. The normalized spacial score (nSPS) is 30.9. The number of esters is 1. The van der Waals surface area contributed by atoms with E-state index in [1.54, 1.807) is 13.8 Å². The number of halogens is 1. The van der Waals surface area contributed by atoms with Gasteiger partial charge in [0.25, 0.3) is 0 Å². The molecule has 0 saturated carbocycles. The summed E-state index contributed by atoms with van der Waals surface area (Å²) in [4.78, 5) is 22.0. The second kappa shape index (κ2) is 7.62. The van der Waals surface area contributed by atoms with Crippen molar-refractivity contribution in [3.05, 3.63) is 10.1 Å². The number of carbonyl (C=O) groups is 1. The van der Waals surface area contributed by atoms with E-state index < -0.39 is 11.7 Å². The van der Waals surface area contributed by atoms with Crippen molar-refractivity contribution < 1.29 is 14.5 Å². The predicted octanol–water partition coefficient (Wildman–Crippen LogP) is 0.837. The molecule has 8 heteroatoms. The molecule has 1 heterocycles. The van der Waals surface area contributed by atoms with E-state index in [0.717, 1.165) is 0 Å². The second-order valence-corrected chi connectivity index (χ2v) is 5.00. The van der Waals surface area contributed by atoms with Crippen molar-refractivity contribution in [3.63, 3.8) is 0 Å². The van der Waals surface area contributed by atoms with Crippen molar-refractivity contribution in [1.82, 2.24) is 10.6 Å². The van der Waals surface area contributed by atoms with Crippen molar-refractivity contribution in [2.75, 3.05) is 6.61 Å². The predicted molar refractivity (Wildman–Crippen MR) is 70.4 cm³/mol. The summed E-state index contributed by atoms with van der Waals surface area (Å²) in [6.07, 6.45) is 1.32. The molecular weight excluding hydrogens is 274 g/mol. The van der Waals surface area contributed by atoms with Crippen molar-refractivity contribution in [2.24, 2.45) is 0 Å². The molecule has 0 aromatic carbocycles. The zero-order valence-electron chi connectivity index (χ0n) is 11.1. The van der Waals surface area contributed by atoms with E-state index in [-0.39, 0.29) is 29.4 Å². The number of ether oxygens (including phenoxy) is 1. The highest BCUT2D eigenvalue weighted by Gasteiger charge is 2.41. The molecule has 19 heavy (non-hydrogen) atoms. The fourth-order valence-electron chi connectivity index (χ4n) is 2.30. The number of rotatable bonds is 6. The Balaban J connectivity index is 2.48. The summed E-state index contributed by atoms with van der Waals surface area (Å²) in [5, 5.41) is 16.9. The number of nitrogens with one attached hydrogen (secondary N) is 2. The van der Waals surface area contributed by atoms with Crippen LogP contribution in [0.1, 0.15) is 33.1 Å². The Morgan fingerprint density at radius 3 is 2.74 bits per heavy atom. The SMILES string of the molecule is CCOC(=O)CCCC1NC(Cl)NC(C)C1[N+](=O)[O-]. The first kappa shape index (κ1) is 16.1. The number of hydrogen-bond donors (Lipinski definition) is 2. The molecule has 1 aliphatic rings. The van der Waals surface area contributed by atoms with Gasteiger partial charge in [-0.05, 0) is 26.7 Å². The molecule has 110 valence electrons. The van der Waals surface area contributed by atoms with Gasteiger partial charge in [0, 0.05) is 11.3 Å². The van der Waals surface area contributed by atoms with Gasteiger partial charge in [-0.1, -0.05) is 11.6 Å². The van der Waals surface area contributed by atoms with E-state index in [4.69, 9.17) is 16.3 Å². The first-order chi connectivity index (χ1) is 8.95. The van der Waals surface area contributed by atoms with Crippen LogP contribution >= 0.6 is 11.6 Å². The van der Waals surface area contributed by atoms with E-state index in [1.807, 2.05) is 0 Å². The van der Waals surface area contributed by atoms with Crippen LogP contribution in [0.5, 0.6) is 0 Å². The lowest BCUT2D eigenvalue weighted by atomic mass is 9.95. The quantitative estimate of drug-likeness (QED) is 0.248. The van der Waals surface area contributed by atoms with Crippen LogP contribution in [0.4, 0.5) is 0 Å². The Labute approximate surface area is 117 Å². The van der Waals surface area contributed by atoms with Gasteiger partial charge in [-0.25, -0.2) is 0 Å². The largest absolute Gasteiger partial charge is 0.466 e. The van der Waals surface area contributed by atoms with Gasteiger partial charge in [-0.3, -0.25) is 25.5 Å². The van der Waals surface area contributed by atoms with Crippen LogP contribution in [0.3, 0.4) is 0 Å². The molecule has 1 fully saturated rings. The van der Waals surface area contributed by atoms with E-state index >= 15 is 0 Å². The Morgan fingerprint density at radius 1 is 1.47 bits per heavy atom.